The van der Waals surface area contributed by atoms with E-state index < -0.39 is 0 Å². The van der Waals surface area contributed by atoms with Crippen molar-refractivity contribution < 1.29 is 0 Å². The number of rotatable bonds is 8. The summed E-state index contributed by atoms with van der Waals surface area (Å²) >= 11 is 0. The van der Waals surface area contributed by atoms with Gasteiger partial charge in [-0.15, -0.1) is 0 Å². The van der Waals surface area contributed by atoms with Crippen LogP contribution in [0, 0.1) is 0 Å². The van der Waals surface area contributed by atoms with E-state index in [-0.39, 0.29) is 10.8 Å². The number of benzene rings is 13. The van der Waals surface area contributed by atoms with E-state index >= 15 is 0 Å². The summed E-state index contributed by atoms with van der Waals surface area (Å²) in [6.07, 6.45) is 0. The maximum atomic E-state index is 5.21. The molecule has 0 saturated heterocycles. The van der Waals surface area contributed by atoms with Gasteiger partial charge in [0.05, 0.1) is 33.1 Å². The van der Waals surface area contributed by atoms with Gasteiger partial charge in [-0.1, -0.05) is 234 Å². The molecular formula is C87H60N6. The molecule has 0 N–H and O–H groups in total. The predicted octanol–water partition coefficient (Wildman–Crippen LogP) is 22.1. The zero-order valence-electron chi connectivity index (χ0n) is 51.9. The lowest BCUT2D eigenvalue weighted by Gasteiger charge is -2.22. The monoisotopic (exact) mass is 1190 g/mol. The Kier molecular flexibility index (Phi) is 11.4. The minimum absolute atomic E-state index is 0.115. The Morgan fingerprint density at radius 2 is 0.570 bits per heavy atom. The maximum absolute atomic E-state index is 5.21. The molecule has 0 bridgehead atoms. The first-order valence-electron chi connectivity index (χ1n) is 32.2. The van der Waals surface area contributed by atoms with Crippen molar-refractivity contribution in [3.8, 4) is 95.7 Å². The van der Waals surface area contributed by atoms with Gasteiger partial charge >= 0.3 is 0 Å². The first kappa shape index (κ1) is 53.1. The molecule has 0 atom stereocenters. The Labute approximate surface area is 538 Å². The fourth-order valence-corrected chi connectivity index (χ4v) is 15.9. The number of hydrogen-bond donors (Lipinski definition) is 0. The molecule has 2 aliphatic rings. The summed E-state index contributed by atoms with van der Waals surface area (Å²) in [4.78, 5) is 15.5. The van der Waals surface area contributed by atoms with E-state index in [4.69, 9.17) is 15.0 Å². The van der Waals surface area contributed by atoms with Crippen LogP contribution in [0.4, 0.5) is 0 Å². The van der Waals surface area contributed by atoms with E-state index in [1.54, 1.807) is 0 Å². The Morgan fingerprint density at radius 1 is 0.215 bits per heavy atom. The minimum atomic E-state index is -0.115. The highest BCUT2D eigenvalue weighted by molar-refractivity contribution is 6.14. The van der Waals surface area contributed by atoms with Crippen LogP contribution in [0.15, 0.2) is 291 Å². The first-order chi connectivity index (χ1) is 45.6. The van der Waals surface area contributed by atoms with Crippen molar-refractivity contribution in [3.05, 3.63) is 313 Å². The molecule has 19 rings (SSSR count). The summed E-state index contributed by atoms with van der Waals surface area (Å²) in [7, 11) is 0. The topological polar surface area (TPSA) is 53.5 Å². The third kappa shape index (κ3) is 7.98. The SMILES string of the molecule is CC1(C)c2ccccc2-c2ccc(-n3c4ccccc4c4cc(-c5ccc6c7ccc(-c8ccc9c(c8)c8ccccc8n9-c8ccc9c(c8)C(C)(C)c8ccccc8-9)cc7n(-c7cccc(-c8nc(-c9ccccc9)nc(-c9ccccc9)n8)c7)c6c5)ccc43)cc21. The summed E-state index contributed by atoms with van der Waals surface area (Å²) < 4.78 is 7.37. The lowest BCUT2D eigenvalue weighted by Crippen LogP contribution is -2.15. The van der Waals surface area contributed by atoms with Crippen LogP contribution in [0.1, 0.15) is 49.9 Å². The quantitative estimate of drug-likeness (QED) is 0.152. The highest BCUT2D eigenvalue weighted by atomic mass is 15.0. The highest BCUT2D eigenvalue weighted by Gasteiger charge is 2.37. The van der Waals surface area contributed by atoms with Crippen molar-refractivity contribution in [2.45, 2.75) is 38.5 Å². The predicted molar refractivity (Wildman–Crippen MR) is 385 cm³/mol. The Balaban J connectivity index is 0.779. The molecule has 438 valence electrons. The van der Waals surface area contributed by atoms with Crippen LogP contribution in [0.25, 0.3) is 161 Å². The van der Waals surface area contributed by atoms with Gasteiger partial charge in [-0.3, -0.25) is 0 Å². The van der Waals surface area contributed by atoms with Gasteiger partial charge in [0.1, 0.15) is 0 Å². The smallest absolute Gasteiger partial charge is 0.164 e. The van der Waals surface area contributed by atoms with Crippen molar-refractivity contribution in [2.75, 3.05) is 0 Å². The lowest BCUT2D eigenvalue weighted by molar-refractivity contribution is 0.660. The second-order valence-electron chi connectivity index (χ2n) is 26.4. The number of para-hydroxylation sites is 2. The second-order valence-corrected chi connectivity index (χ2v) is 26.4. The molecule has 4 aromatic heterocycles. The van der Waals surface area contributed by atoms with Crippen molar-refractivity contribution in [2.24, 2.45) is 0 Å². The van der Waals surface area contributed by atoms with Crippen LogP contribution >= 0.6 is 0 Å². The maximum Gasteiger partial charge on any atom is 0.164 e. The van der Waals surface area contributed by atoms with Crippen molar-refractivity contribution in [1.82, 2.24) is 28.7 Å². The number of aromatic nitrogens is 6. The van der Waals surface area contributed by atoms with Gasteiger partial charge in [-0.2, -0.15) is 0 Å². The van der Waals surface area contributed by atoms with Gasteiger partial charge in [-0.05, 0) is 152 Å². The molecule has 0 aliphatic heterocycles. The molecule has 93 heavy (non-hydrogen) atoms. The number of hydrogen-bond acceptors (Lipinski definition) is 3. The van der Waals surface area contributed by atoms with Gasteiger partial charge in [0.15, 0.2) is 17.5 Å². The van der Waals surface area contributed by atoms with Crippen LogP contribution in [-0.2, 0) is 10.8 Å². The molecule has 13 aromatic carbocycles. The fourth-order valence-electron chi connectivity index (χ4n) is 15.9. The molecule has 6 nitrogen and oxygen atoms in total. The molecule has 0 radical (unpaired) electrons. The van der Waals surface area contributed by atoms with E-state index in [2.05, 4.69) is 296 Å². The summed E-state index contributed by atoms with van der Waals surface area (Å²) in [5.74, 6) is 1.86. The summed E-state index contributed by atoms with van der Waals surface area (Å²) in [5.41, 5.74) is 28.2. The Bertz CT molecular complexity index is 5660. The van der Waals surface area contributed by atoms with Crippen LogP contribution in [-0.4, -0.2) is 28.7 Å². The Morgan fingerprint density at radius 3 is 1.06 bits per heavy atom. The Hall–Kier alpha value is -11.7. The zero-order valence-corrected chi connectivity index (χ0v) is 51.9. The van der Waals surface area contributed by atoms with Crippen LogP contribution in [0.2, 0.25) is 0 Å². The summed E-state index contributed by atoms with van der Waals surface area (Å²) in [6.45, 7) is 9.45. The van der Waals surface area contributed by atoms with Crippen molar-refractivity contribution in [1.29, 1.82) is 0 Å². The van der Waals surface area contributed by atoms with Gasteiger partial charge < -0.3 is 13.7 Å². The molecule has 2 aliphatic carbocycles. The fraction of sp³-hybridized carbons (Fsp3) is 0.0690. The average Bonchev–Trinajstić information content (AvgIpc) is 1.59. The molecule has 0 saturated carbocycles. The zero-order chi connectivity index (χ0) is 61.8. The molecule has 6 heteroatoms. The minimum Gasteiger partial charge on any atom is -0.309 e. The first-order valence-corrected chi connectivity index (χ1v) is 32.2. The van der Waals surface area contributed by atoms with E-state index in [0.29, 0.717) is 17.5 Å². The lowest BCUT2D eigenvalue weighted by atomic mass is 9.82. The molecule has 17 aromatic rings. The average molecular weight is 1190 g/mol. The van der Waals surface area contributed by atoms with Crippen molar-refractivity contribution in [3.63, 3.8) is 0 Å². The third-order valence-corrected chi connectivity index (χ3v) is 20.5. The van der Waals surface area contributed by atoms with E-state index in [9.17, 15) is 0 Å². The van der Waals surface area contributed by atoms with Gasteiger partial charge in [0.25, 0.3) is 0 Å². The van der Waals surface area contributed by atoms with Crippen LogP contribution in [0.3, 0.4) is 0 Å². The van der Waals surface area contributed by atoms with E-state index in [0.717, 1.165) is 55.7 Å². The summed E-state index contributed by atoms with van der Waals surface area (Å²) in [6, 6.07) is 107. The molecule has 0 unspecified atom stereocenters. The van der Waals surface area contributed by atoms with E-state index in [1.807, 2.05) is 36.4 Å². The standard InChI is InChI=1S/C87H60N6/c1-86(2)73-30-15-11-26-63(73)65-42-38-61(51-75(65)86)91-77-32-17-13-28-67(77)71-47-55(36-44-79(71)91)57-34-40-69-70-41-35-58(56-37-45-80-72(48-56)68-29-14-18-33-78(68)92(80)62-39-43-66-64-27-12-16-31-74(64)87(3,4)76(66)52-62)50-82(70)93(81(69)49-57)60-25-19-24-59(46-60)85-89-83(53-20-7-5-8-21-53)88-84(90-85)54-22-9-6-10-23-54/h5-52H,1-4H3. The van der Waals surface area contributed by atoms with Crippen LogP contribution < -0.4 is 0 Å². The van der Waals surface area contributed by atoms with Gasteiger partial charge in [0.2, 0.25) is 0 Å². The van der Waals surface area contributed by atoms with Gasteiger partial charge in [0, 0.05) is 76.9 Å². The third-order valence-electron chi connectivity index (χ3n) is 20.5. The normalized spacial score (nSPS) is 13.5. The van der Waals surface area contributed by atoms with Gasteiger partial charge in [-0.25, -0.2) is 15.0 Å². The highest BCUT2D eigenvalue weighted by Crippen LogP contribution is 2.52. The number of fused-ring (bicyclic) bond motifs is 15. The molecule has 0 fully saturated rings. The number of nitrogens with zero attached hydrogens (tertiary/aromatic N) is 6. The second kappa shape index (κ2) is 19.9. The molecule has 4 heterocycles. The van der Waals surface area contributed by atoms with Crippen LogP contribution in [0.5, 0.6) is 0 Å². The molecule has 0 amide bonds. The molecule has 0 spiro atoms. The van der Waals surface area contributed by atoms with E-state index in [1.165, 1.54) is 110 Å². The summed E-state index contributed by atoms with van der Waals surface area (Å²) in [5, 5.41) is 7.22. The molecular weight excluding hydrogens is 1130 g/mol. The van der Waals surface area contributed by atoms with Crippen molar-refractivity contribution >= 4 is 65.4 Å². The largest absolute Gasteiger partial charge is 0.309 e.